The van der Waals surface area contributed by atoms with Crippen LogP contribution in [0.15, 0.2) is 35.7 Å². The number of rotatable bonds is 5. The molecular weight excluding hydrogens is 369 g/mol. The molecule has 0 unspecified atom stereocenters. The maximum absolute atomic E-state index is 12.8. The summed E-state index contributed by atoms with van der Waals surface area (Å²) in [5.74, 6) is -1.29. The van der Waals surface area contributed by atoms with Gasteiger partial charge in [-0.3, -0.25) is 25.2 Å². The molecule has 6 nitrogen and oxygen atoms in total. The molecule has 0 radical (unpaired) electrons. The minimum Gasteiger partial charge on any atom is -0.338 e. The number of benzene rings is 1. The van der Waals surface area contributed by atoms with Gasteiger partial charge < -0.3 is 4.90 Å². The van der Waals surface area contributed by atoms with Crippen LogP contribution in [0, 0.1) is 5.82 Å². The van der Waals surface area contributed by atoms with Gasteiger partial charge in [-0.1, -0.05) is 12.1 Å². The van der Waals surface area contributed by atoms with E-state index in [4.69, 9.17) is 0 Å². The molecule has 0 spiro atoms. The number of hydrogen-bond donors (Lipinski definition) is 2. The smallest absolute Gasteiger partial charge is 0.242 e. The van der Waals surface area contributed by atoms with Crippen molar-refractivity contribution in [3.05, 3.63) is 57.5 Å². The number of carbonyl (C=O) groups excluding carboxylic acids is 3. The molecule has 0 atom stereocenters. The summed E-state index contributed by atoms with van der Waals surface area (Å²) in [5, 5.41) is 2.03. The molecule has 0 saturated carbocycles. The second-order valence-corrected chi connectivity index (χ2v) is 7.33. The summed E-state index contributed by atoms with van der Waals surface area (Å²) in [6, 6.07) is 7.58. The van der Waals surface area contributed by atoms with E-state index in [0.29, 0.717) is 18.7 Å². The molecule has 0 saturated heterocycles. The normalized spacial score (nSPS) is 13.0. The zero-order valence-electron chi connectivity index (χ0n) is 14.7. The molecule has 2 heterocycles. The molecule has 1 aromatic heterocycles. The lowest BCUT2D eigenvalue weighted by atomic mass is 10.1. The highest BCUT2D eigenvalue weighted by Crippen LogP contribution is 2.24. The van der Waals surface area contributed by atoms with Crippen molar-refractivity contribution < 1.29 is 18.8 Å². The van der Waals surface area contributed by atoms with Gasteiger partial charge in [0.05, 0.1) is 6.42 Å². The molecule has 2 aromatic rings. The van der Waals surface area contributed by atoms with Crippen LogP contribution < -0.4 is 10.9 Å². The predicted octanol–water partition coefficient (Wildman–Crippen LogP) is 1.94. The third-order valence-corrected chi connectivity index (χ3v) is 5.37. The van der Waals surface area contributed by atoms with Crippen LogP contribution in [0.4, 0.5) is 4.39 Å². The Morgan fingerprint density at radius 1 is 1.04 bits per heavy atom. The molecule has 1 aliphatic rings. The van der Waals surface area contributed by atoms with E-state index in [2.05, 4.69) is 10.9 Å². The lowest BCUT2D eigenvalue weighted by molar-refractivity contribution is -0.135. The first-order valence-corrected chi connectivity index (χ1v) is 9.54. The SMILES string of the molecule is O=C(CCC(=O)N1CCc2sccc2C1)NNC(=O)Cc1ccc(F)cc1. The second kappa shape index (κ2) is 8.77. The first-order chi connectivity index (χ1) is 13.0. The van der Waals surface area contributed by atoms with E-state index in [1.54, 1.807) is 16.2 Å². The number of nitrogens with zero attached hydrogens (tertiary/aromatic N) is 1. The van der Waals surface area contributed by atoms with Gasteiger partial charge in [-0.2, -0.15) is 0 Å². The zero-order valence-corrected chi connectivity index (χ0v) is 15.5. The van der Waals surface area contributed by atoms with Crippen molar-refractivity contribution >= 4 is 29.1 Å². The Labute approximate surface area is 160 Å². The fourth-order valence-corrected chi connectivity index (χ4v) is 3.76. The van der Waals surface area contributed by atoms with Crippen LogP contribution in [0.1, 0.15) is 28.8 Å². The predicted molar refractivity (Wildman–Crippen MR) is 99.1 cm³/mol. The summed E-state index contributed by atoms with van der Waals surface area (Å²) in [6.07, 6.45) is 0.975. The summed E-state index contributed by atoms with van der Waals surface area (Å²) in [5.41, 5.74) is 6.42. The molecule has 2 N–H and O–H groups in total. The number of halogens is 1. The Morgan fingerprint density at radius 2 is 1.78 bits per heavy atom. The lowest BCUT2D eigenvalue weighted by Gasteiger charge is -2.27. The third kappa shape index (κ3) is 5.37. The molecule has 0 bridgehead atoms. The van der Waals surface area contributed by atoms with Crippen molar-refractivity contribution in [2.24, 2.45) is 0 Å². The first-order valence-electron chi connectivity index (χ1n) is 8.66. The van der Waals surface area contributed by atoms with Crippen LogP contribution in [0.2, 0.25) is 0 Å². The Balaban J connectivity index is 1.36. The largest absolute Gasteiger partial charge is 0.338 e. The fraction of sp³-hybridized carbons (Fsp3) is 0.316. The summed E-state index contributed by atoms with van der Waals surface area (Å²) in [4.78, 5) is 39.0. The highest BCUT2D eigenvalue weighted by molar-refractivity contribution is 7.10. The van der Waals surface area contributed by atoms with Gasteiger partial charge in [0.25, 0.3) is 0 Å². The number of carbonyl (C=O) groups is 3. The standard InChI is InChI=1S/C19H20FN3O3S/c20-15-3-1-13(2-4-15)11-18(25)22-21-17(24)5-6-19(26)23-9-7-16-14(12-23)8-10-27-16/h1-4,8,10H,5-7,9,11-12H2,(H,21,24)(H,22,25). The van der Waals surface area contributed by atoms with E-state index in [9.17, 15) is 18.8 Å². The van der Waals surface area contributed by atoms with Crippen molar-refractivity contribution in [2.75, 3.05) is 6.54 Å². The van der Waals surface area contributed by atoms with E-state index in [1.165, 1.54) is 34.7 Å². The monoisotopic (exact) mass is 389 g/mol. The average molecular weight is 389 g/mol. The minimum absolute atomic E-state index is 0.00263. The molecule has 142 valence electrons. The lowest BCUT2D eigenvalue weighted by Crippen LogP contribution is -2.43. The van der Waals surface area contributed by atoms with E-state index in [-0.39, 0.29) is 31.0 Å². The summed E-state index contributed by atoms with van der Waals surface area (Å²) in [7, 11) is 0. The van der Waals surface area contributed by atoms with Crippen LogP contribution in [-0.2, 0) is 33.8 Å². The maximum atomic E-state index is 12.8. The van der Waals surface area contributed by atoms with E-state index < -0.39 is 11.8 Å². The van der Waals surface area contributed by atoms with E-state index in [1.807, 2.05) is 11.4 Å². The molecule has 1 aliphatic heterocycles. The Hall–Kier alpha value is -2.74. The van der Waals surface area contributed by atoms with Gasteiger partial charge in [0.2, 0.25) is 17.7 Å². The van der Waals surface area contributed by atoms with Gasteiger partial charge in [-0.05, 0) is 41.1 Å². The number of nitrogens with one attached hydrogen (secondary N) is 2. The van der Waals surface area contributed by atoms with Gasteiger partial charge in [-0.15, -0.1) is 11.3 Å². The summed E-state index contributed by atoms with van der Waals surface area (Å²) in [6.45, 7) is 1.26. The van der Waals surface area contributed by atoms with Crippen LogP contribution in [-0.4, -0.2) is 29.2 Å². The highest BCUT2D eigenvalue weighted by atomic mass is 32.1. The first kappa shape index (κ1) is 19.0. The Bertz CT molecular complexity index is 835. The molecule has 0 fully saturated rings. The van der Waals surface area contributed by atoms with Gasteiger partial charge >= 0.3 is 0 Å². The van der Waals surface area contributed by atoms with Crippen molar-refractivity contribution in [1.82, 2.24) is 15.8 Å². The molecule has 8 heteroatoms. The third-order valence-electron chi connectivity index (χ3n) is 4.35. The van der Waals surface area contributed by atoms with Gasteiger partial charge in [0, 0.05) is 30.8 Å². The maximum Gasteiger partial charge on any atom is 0.242 e. The van der Waals surface area contributed by atoms with Crippen molar-refractivity contribution in [2.45, 2.75) is 32.2 Å². The quantitative estimate of drug-likeness (QED) is 0.767. The van der Waals surface area contributed by atoms with Crippen LogP contribution in [0.25, 0.3) is 0 Å². The van der Waals surface area contributed by atoms with Gasteiger partial charge in [0.15, 0.2) is 0 Å². The van der Waals surface area contributed by atoms with Gasteiger partial charge in [-0.25, -0.2) is 4.39 Å². The zero-order chi connectivity index (χ0) is 19.2. The molecule has 0 aliphatic carbocycles. The number of fused-ring (bicyclic) bond motifs is 1. The van der Waals surface area contributed by atoms with E-state index >= 15 is 0 Å². The Kier molecular flexibility index (Phi) is 6.18. The number of thiophene rings is 1. The summed E-state index contributed by atoms with van der Waals surface area (Å²) < 4.78 is 12.8. The fourth-order valence-electron chi connectivity index (χ4n) is 2.87. The van der Waals surface area contributed by atoms with Crippen molar-refractivity contribution in [3.8, 4) is 0 Å². The van der Waals surface area contributed by atoms with E-state index in [0.717, 1.165) is 6.42 Å². The molecular formula is C19H20FN3O3S. The molecule has 1 aromatic carbocycles. The van der Waals surface area contributed by atoms with Crippen LogP contribution in [0.5, 0.6) is 0 Å². The van der Waals surface area contributed by atoms with Crippen LogP contribution in [0.3, 0.4) is 0 Å². The highest BCUT2D eigenvalue weighted by Gasteiger charge is 2.21. The molecule has 27 heavy (non-hydrogen) atoms. The number of hydrogen-bond acceptors (Lipinski definition) is 4. The minimum atomic E-state index is -0.427. The number of amides is 3. The average Bonchev–Trinajstić information content (AvgIpc) is 3.14. The van der Waals surface area contributed by atoms with Gasteiger partial charge in [0.1, 0.15) is 5.82 Å². The van der Waals surface area contributed by atoms with Crippen LogP contribution >= 0.6 is 11.3 Å². The second-order valence-electron chi connectivity index (χ2n) is 6.33. The van der Waals surface area contributed by atoms with Crippen molar-refractivity contribution in [3.63, 3.8) is 0 Å². The molecule has 3 amide bonds. The van der Waals surface area contributed by atoms with Crippen molar-refractivity contribution in [1.29, 1.82) is 0 Å². The Morgan fingerprint density at radius 3 is 2.56 bits per heavy atom. The summed E-state index contributed by atoms with van der Waals surface area (Å²) >= 11 is 1.71. The topological polar surface area (TPSA) is 78.5 Å². The molecule has 3 rings (SSSR count). The number of hydrazine groups is 1.